The van der Waals surface area contributed by atoms with Crippen LogP contribution in [0.25, 0.3) is 0 Å². The Morgan fingerprint density at radius 2 is 2.19 bits per heavy atom. The third kappa shape index (κ3) is 4.39. The molecule has 0 amide bonds. The van der Waals surface area contributed by atoms with E-state index >= 15 is 0 Å². The van der Waals surface area contributed by atoms with Crippen molar-refractivity contribution in [3.63, 3.8) is 0 Å². The maximum Gasteiger partial charge on any atom is 0.206 e. The van der Waals surface area contributed by atoms with E-state index in [2.05, 4.69) is 15.5 Å². The molecule has 112 valence electrons. The Labute approximate surface area is 131 Å². The van der Waals surface area contributed by atoms with Gasteiger partial charge in [0.2, 0.25) is 5.13 Å². The zero-order valence-corrected chi connectivity index (χ0v) is 13.1. The van der Waals surface area contributed by atoms with Gasteiger partial charge in [-0.3, -0.25) is 0 Å². The molecule has 7 heteroatoms. The van der Waals surface area contributed by atoms with Crippen molar-refractivity contribution >= 4 is 28.2 Å². The van der Waals surface area contributed by atoms with Crippen LogP contribution in [0.1, 0.15) is 18.4 Å². The van der Waals surface area contributed by atoms with Gasteiger partial charge >= 0.3 is 0 Å². The molecule has 1 atom stereocenters. The fourth-order valence-corrected chi connectivity index (χ4v) is 3.90. The Morgan fingerprint density at radius 1 is 1.33 bits per heavy atom. The van der Waals surface area contributed by atoms with Crippen LogP contribution >= 0.6 is 23.1 Å². The van der Waals surface area contributed by atoms with Crippen molar-refractivity contribution in [2.45, 2.75) is 29.8 Å². The van der Waals surface area contributed by atoms with E-state index in [1.165, 1.54) is 23.5 Å². The van der Waals surface area contributed by atoms with E-state index in [9.17, 15) is 4.39 Å². The number of rotatable bonds is 6. The van der Waals surface area contributed by atoms with Gasteiger partial charge in [0, 0.05) is 18.9 Å². The van der Waals surface area contributed by atoms with Crippen LogP contribution in [0.4, 0.5) is 9.52 Å². The van der Waals surface area contributed by atoms with Gasteiger partial charge in [-0.1, -0.05) is 35.2 Å². The van der Waals surface area contributed by atoms with E-state index in [0.29, 0.717) is 12.6 Å². The van der Waals surface area contributed by atoms with Gasteiger partial charge in [0.25, 0.3) is 0 Å². The fraction of sp³-hybridized carbons (Fsp3) is 0.429. The van der Waals surface area contributed by atoms with Crippen molar-refractivity contribution in [3.8, 4) is 0 Å². The van der Waals surface area contributed by atoms with E-state index in [1.807, 2.05) is 0 Å². The molecule has 1 aliphatic heterocycles. The Kier molecular flexibility index (Phi) is 5.05. The average molecular weight is 325 g/mol. The lowest BCUT2D eigenvalue weighted by atomic mass is 10.2. The molecular weight excluding hydrogens is 309 g/mol. The van der Waals surface area contributed by atoms with Crippen LogP contribution in [0.5, 0.6) is 0 Å². The van der Waals surface area contributed by atoms with Crippen molar-refractivity contribution < 1.29 is 9.13 Å². The Balaban J connectivity index is 1.46. The van der Waals surface area contributed by atoms with Crippen LogP contribution in [-0.2, 0) is 11.3 Å². The monoisotopic (exact) mass is 325 g/mol. The number of aromatic nitrogens is 2. The highest BCUT2D eigenvalue weighted by Gasteiger charge is 2.16. The van der Waals surface area contributed by atoms with Crippen molar-refractivity contribution in [1.82, 2.24) is 10.2 Å². The topological polar surface area (TPSA) is 47.0 Å². The summed E-state index contributed by atoms with van der Waals surface area (Å²) in [7, 11) is 0. The largest absolute Gasteiger partial charge is 0.377 e. The second-order valence-corrected chi connectivity index (χ2v) is 7.04. The van der Waals surface area contributed by atoms with Gasteiger partial charge in [0.05, 0.1) is 6.10 Å². The lowest BCUT2D eigenvalue weighted by Gasteiger charge is -2.05. The summed E-state index contributed by atoms with van der Waals surface area (Å²) in [4.78, 5) is 0. The molecule has 0 bridgehead atoms. The maximum absolute atomic E-state index is 12.8. The first-order valence-corrected chi connectivity index (χ1v) is 8.66. The maximum atomic E-state index is 12.8. The molecule has 4 nitrogen and oxygen atoms in total. The molecule has 0 saturated carbocycles. The van der Waals surface area contributed by atoms with Crippen molar-refractivity contribution in [1.29, 1.82) is 0 Å². The summed E-state index contributed by atoms with van der Waals surface area (Å²) in [5.74, 6) is 0.717. The SMILES string of the molecule is Fc1ccc(CNc2nnc(SC[C@@H]3CCCO3)s2)cc1. The first kappa shape index (κ1) is 14.7. The Hall–Kier alpha value is -1.18. The highest BCUT2D eigenvalue weighted by atomic mass is 32.2. The Bertz CT molecular complexity index is 570. The minimum absolute atomic E-state index is 0.220. The number of ether oxygens (including phenoxy) is 1. The molecule has 1 saturated heterocycles. The molecule has 0 unspecified atom stereocenters. The zero-order chi connectivity index (χ0) is 14.5. The third-order valence-electron chi connectivity index (χ3n) is 3.18. The van der Waals surface area contributed by atoms with Gasteiger partial charge in [0.15, 0.2) is 4.34 Å². The summed E-state index contributed by atoms with van der Waals surface area (Å²) in [6.07, 6.45) is 2.65. The molecule has 1 N–H and O–H groups in total. The molecule has 2 heterocycles. The van der Waals surface area contributed by atoms with Gasteiger partial charge in [-0.2, -0.15) is 0 Å². The molecule has 21 heavy (non-hydrogen) atoms. The summed E-state index contributed by atoms with van der Waals surface area (Å²) < 4.78 is 19.3. The molecule has 1 aliphatic rings. The van der Waals surface area contributed by atoms with Crippen LogP contribution in [0.2, 0.25) is 0 Å². The first-order valence-electron chi connectivity index (χ1n) is 6.86. The molecule has 0 spiro atoms. The molecule has 1 aromatic heterocycles. The van der Waals surface area contributed by atoms with Gasteiger partial charge in [-0.15, -0.1) is 10.2 Å². The fourth-order valence-electron chi connectivity index (χ4n) is 2.06. The van der Waals surface area contributed by atoms with E-state index in [4.69, 9.17) is 4.74 Å². The number of hydrogen-bond donors (Lipinski definition) is 1. The van der Waals surface area contributed by atoms with Gasteiger partial charge in [-0.25, -0.2) is 4.39 Å². The molecule has 1 aromatic carbocycles. The summed E-state index contributed by atoms with van der Waals surface area (Å²) in [6.45, 7) is 1.50. The van der Waals surface area contributed by atoms with Crippen molar-refractivity contribution in [2.24, 2.45) is 0 Å². The highest BCUT2D eigenvalue weighted by Crippen LogP contribution is 2.28. The third-order valence-corrected chi connectivity index (χ3v) is 5.33. The van der Waals surface area contributed by atoms with Gasteiger partial charge < -0.3 is 10.1 Å². The van der Waals surface area contributed by atoms with Crippen LogP contribution in [0.15, 0.2) is 28.6 Å². The lowest BCUT2D eigenvalue weighted by molar-refractivity contribution is 0.129. The minimum Gasteiger partial charge on any atom is -0.377 e. The molecule has 3 rings (SSSR count). The number of benzene rings is 1. The normalized spacial score (nSPS) is 18.0. The second kappa shape index (κ2) is 7.20. The van der Waals surface area contributed by atoms with E-state index in [0.717, 1.165) is 40.2 Å². The second-order valence-electron chi connectivity index (χ2n) is 4.80. The van der Waals surface area contributed by atoms with Crippen molar-refractivity contribution in [2.75, 3.05) is 17.7 Å². The average Bonchev–Trinajstić information content (AvgIpc) is 3.16. The van der Waals surface area contributed by atoms with Crippen molar-refractivity contribution in [3.05, 3.63) is 35.6 Å². The predicted octanol–water partition coefficient (Wildman–Crippen LogP) is 3.56. The number of anilines is 1. The minimum atomic E-state index is -0.220. The standard InChI is InChI=1S/C14H16FN3OS2/c15-11-5-3-10(4-6-11)8-16-13-17-18-14(21-13)20-9-12-2-1-7-19-12/h3-6,12H,1-2,7-9H2,(H,16,17)/t12-/m0/s1. The molecule has 0 aliphatic carbocycles. The molecular formula is C14H16FN3OS2. The summed E-state index contributed by atoms with van der Waals surface area (Å²) in [6, 6.07) is 6.44. The predicted molar refractivity (Wildman–Crippen MR) is 83.3 cm³/mol. The van der Waals surface area contributed by atoms with Crippen LogP contribution in [0.3, 0.4) is 0 Å². The number of halogens is 1. The summed E-state index contributed by atoms with van der Waals surface area (Å²) >= 11 is 3.23. The van der Waals surface area contributed by atoms with Crippen LogP contribution in [0, 0.1) is 5.82 Å². The van der Waals surface area contributed by atoms with E-state index in [-0.39, 0.29) is 5.82 Å². The first-order chi connectivity index (χ1) is 10.3. The van der Waals surface area contributed by atoms with Crippen LogP contribution < -0.4 is 5.32 Å². The number of nitrogens with zero attached hydrogens (tertiary/aromatic N) is 2. The van der Waals surface area contributed by atoms with E-state index < -0.39 is 0 Å². The highest BCUT2D eigenvalue weighted by molar-refractivity contribution is 8.01. The van der Waals surface area contributed by atoms with E-state index in [1.54, 1.807) is 23.9 Å². The lowest BCUT2D eigenvalue weighted by Crippen LogP contribution is -2.07. The Morgan fingerprint density at radius 3 is 2.95 bits per heavy atom. The smallest absolute Gasteiger partial charge is 0.206 e. The van der Waals surface area contributed by atoms with Gasteiger partial charge in [-0.05, 0) is 30.5 Å². The quantitative estimate of drug-likeness (QED) is 0.823. The molecule has 0 radical (unpaired) electrons. The number of thioether (sulfide) groups is 1. The zero-order valence-electron chi connectivity index (χ0n) is 11.4. The van der Waals surface area contributed by atoms with Crippen LogP contribution in [-0.4, -0.2) is 28.7 Å². The molecule has 1 fully saturated rings. The van der Waals surface area contributed by atoms with Gasteiger partial charge in [0.1, 0.15) is 5.82 Å². The number of hydrogen-bond acceptors (Lipinski definition) is 6. The summed E-state index contributed by atoms with van der Waals surface area (Å²) in [5.41, 5.74) is 1.01. The summed E-state index contributed by atoms with van der Waals surface area (Å²) in [5, 5.41) is 12.3. The number of nitrogens with one attached hydrogen (secondary N) is 1. The molecule has 2 aromatic rings.